The van der Waals surface area contributed by atoms with E-state index in [1.165, 1.54) is 35.6 Å². The summed E-state index contributed by atoms with van der Waals surface area (Å²) in [6, 6.07) is 53.2. The fraction of sp³-hybridized carbons (Fsp3) is 0.244. The second-order valence-electron chi connectivity index (χ2n) is 23.7. The van der Waals surface area contributed by atoms with Crippen molar-refractivity contribution < 1.29 is 38.1 Å². The topological polar surface area (TPSA) is 179 Å². The van der Waals surface area contributed by atoms with Crippen LogP contribution >= 0.6 is 11.3 Å². The molecule has 15 heteroatoms. The van der Waals surface area contributed by atoms with Gasteiger partial charge >= 0.3 is 0 Å². The lowest BCUT2D eigenvalue weighted by atomic mass is 10.1. The minimum atomic E-state index is -0.595. The van der Waals surface area contributed by atoms with Gasteiger partial charge in [0, 0.05) is 45.0 Å². The molecule has 0 saturated carbocycles. The number of carbonyl (C=O) groups excluding carboxylic acids is 4. The summed E-state index contributed by atoms with van der Waals surface area (Å²) >= 11 is 1.29. The van der Waals surface area contributed by atoms with Crippen molar-refractivity contribution in [2.45, 2.75) is 81.1 Å². The molecule has 0 radical (unpaired) electrons. The second-order valence-corrected chi connectivity index (χ2v) is 24.7. The van der Waals surface area contributed by atoms with Gasteiger partial charge in [-0.15, -0.1) is 11.3 Å². The van der Waals surface area contributed by atoms with E-state index in [9.17, 15) is 19.2 Å². The SMILES string of the molecule is CC[C@H](C)COc1ccc(NC(=O)c2cc(C#Cc3c(C#Cc4ccccc4)sc(C#Cc4ccccc4)c3C#Cc3cc(C(=O)Nc4ccc(OC[C@@H](C)CC)cc4)nc(C(=O)Nc4ccc(OC[C@@H](C)CC)cc4)c3)cc(C(=O)Nc3ccc(OC[C@@H](C)CC)cc3)n2)cc1. The third-order valence-corrected chi connectivity index (χ3v) is 16.7. The Kier molecular flexibility index (Phi) is 25.4. The zero-order valence-corrected chi connectivity index (χ0v) is 56.7. The lowest BCUT2D eigenvalue weighted by Crippen LogP contribution is -2.19. The highest BCUT2D eigenvalue weighted by Gasteiger charge is 2.20. The molecule has 6 aromatic carbocycles. The number of nitrogens with one attached hydrogen (secondary N) is 4. The maximum Gasteiger partial charge on any atom is 0.274 e. The first-order valence-corrected chi connectivity index (χ1v) is 33.5. The predicted octanol–water partition coefficient (Wildman–Crippen LogP) is 16.8. The summed E-state index contributed by atoms with van der Waals surface area (Å²) in [4.78, 5) is 67.6. The lowest BCUT2D eigenvalue weighted by Gasteiger charge is -2.12. The van der Waals surface area contributed by atoms with Crippen molar-refractivity contribution in [1.82, 2.24) is 9.97 Å². The molecule has 0 aliphatic rings. The second kappa shape index (κ2) is 35.2. The molecule has 0 fully saturated rings. The summed E-state index contributed by atoms with van der Waals surface area (Å²) in [6.45, 7) is 19.1. The number of carbonyl (C=O) groups is 4. The number of aromatic nitrogens is 2. The Morgan fingerprint density at radius 3 is 0.835 bits per heavy atom. The molecule has 0 unspecified atom stereocenters. The molecule has 9 rings (SSSR count). The van der Waals surface area contributed by atoms with Crippen molar-refractivity contribution in [2.75, 3.05) is 47.7 Å². The van der Waals surface area contributed by atoms with Crippen molar-refractivity contribution in [2.24, 2.45) is 23.7 Å². The first kappa shape index (κ1) is 70.0. The first-order chi connectivity index (χ1) is 47.1. The first-order valence-electron chi connectivity index (χ1n) is 32.7. The fourth-order valence-corrected chi connectivity index (χ4v) is 9.75. The van der Waals surface area contributed by atoms with Gasteiger partial charge in [-0.2, -0.15) is 0 Å². The molecule has 3 heterocycles. The number of ether oxygens (including phenoxy) is 4. The van der Waals surface area contributed by atoms with Gasteiger partial charge in [0.15, 0.2) is 0 Å². The summed E-state index contributed by atoms with van der Waals surface area (Å²) in [5.74, 6) is 28.2. The van der Waals surface area contributed by atoms with E-state index >= 15 is 0 Å². The molecular weight excluding hydrogens is 1230 g/mol. The van der Waals surface area contributed by atoms with Crippen molar-refractivity contribution in [3.63, 3.8) is 0 Å². The Morgan fingerprint density at radius 1 is 0.340 bits per heavy atom. The molecule has 4 amide bonds. The molecule has 9 aromatic rings. The van der Waals surface area contributed by atoms with E-state index in [0.717, 1.165) is 36.8 Å². The quantitative estimate of drug-likeness (QED) is 0.0426. The van der Waals surface area contributed by atoms with Gasteiger partial charge in [-0.25, -0.2) is 9.97 Å². The van der Waals surface area contributed by atoms with Crippen molar-refractivity contribution >= 4 is 57.7 Å². The molecular formula is C82H78N6O8S. The van der Waals surface area contributed by atoms with E-state index in [2.05, 4.69) is 134 Å². The fourth-order valence-electron chi connectivity index (χ4n) is 8.83. The zero-order chi connectivity index (χ0) is 68.5. The molecule has 0 saturated heterocycles. The monoisotopic (exact) mass is 1310 g/mol. The standard InChI is InChI=1S/C82H78N6O8S/c1-9-55(5)51-93-67-35-27-63(28-36-67)83-79(89)73-47-61(48-74(87-73)80(90)84-64-29-37-68(38-30-64)94-52-56(6)10-2)23-43-71-72(78(46-26-60-21-17-14-18-22-60)97-77(71)45-25-59-19-15-13-16-20-59)44-24-62-49-75(81(91)85-65-31-39-69(40-32-65)95-53-57(7)11-3)88-76(50-62)82(92)86-66-33-41-70(42-34-66)96-54-58(8)12-4/h13-22,27-42,47-50,55-58H,9-12,51-54H2,1-8H3,(H,83,89)(H,84,90)(H,85,91)(H,86,92)/t55-,56-,57-,58-/m0/s1. The maximum absolute atomic E-state index is 14.3. The third kappa shape index (κ3) is 21.3. The van der Waals surface area contributed by atoms with Crippen molar-refractivity contribution in [3.8, 4) is 70.4 Å². The molecule has 490 valence electrons. The molecule has 0 bridgehead atoms. The highest BCUT2D eigenvalue weighted by atomic mass is 32.1. The van der Waals surface area contributed by atoms with Crippen LogP contribution in [0.5, 0.6) is 23.0 Å². The smallest absolute Gasteiger partial charge is 0.274 e. The Balaban J connectivity index is 1.15. The Labute approximate surface area is 573 Å². The van der Waals surface area contributed by atoms with Crippen LogP contribution in [-0.4, -0.2) is 60.0 Å². The van der Waals surface area contributed by atoms with E-state index in [1.54, 1.807) is 97.1 Å². The van der Waals surface area contributed by atoms with E-state index in [0.29, 0.717) is 117 Å². The highest BCUT2D eigenvalue weighted by molar-refractivity contribution is 7.13. The van der Waals surface area contributed by atoms with Gasteiger partial charge in [0.25, 0.3) is 23.6 Å². The average Bonchev–Trinajstić information content (AvgIpc) is 1.70. The lowest BCUT2D eigenvalue weighted by molar-refractivity contribution is 0.0998. The van der Waals surface area contributed by atoms with Gasteiger partial charge in [-0.05, 0) is 181 Å². The average molecular weight is 1310 g/mol. The number of thiophene rings is 1. The molecule has 0 aliphatic heterocycles. The Bertz CT molecular complexity index is 3990. The van der Waals surface area contributed by atoms with Crippen molar-refractivity contribution in [3.05, 3.63) is 248 Å². The van der Waals surface area contributed by atoms with Gasteiger partial charge in [0.2, 0.25) is 0 Å². The van der Waals surface area contributed by atoms with Crippen LogP contribution in [0.4, 0.5) is 22.7 Å². The molecule has 4 atom stereocenters. The summed E-state index contributed by atoms with van der Waals surface area (Å²) in [5, 5.41) is 11.7. The van der Waals surface area contributed by atoms with Crippen LogP contribution in [0.25, 0.3) is 0 Å². The van der Waals surface area contributed by atoms with E-state index in [1.807, 2.05) is 60.7 Å². The van der Waals surface area contributed by atoms with Crippen LogP contribution in [0.2, 0.25) is 0 Å². The van der Waals surface area contributed by atoms with E-state index in [4.69, 9.17) is 18.9 Å². The molecule has 14 nitrogen and oxygen atoms in total. The number of hydrogen-bond donors (Lipinski definition) is 4. The summed E-state index contributed by atoms with van der Waals surface area (Å²) in [6.07, 6.45) is 3.89. The summed E-state index contributed by atoms with van der Waals surface area (Å²) < 4.78 is 23.9. The predicted molar refractivity (Wildman–Crippen MR) is 387 cm³/mol. The number of benzene rings is 6. The number of amides is 4. The van der Waals surface area contributed by atoms with Gasteiger partial charge in [0.1, 0.15) is 45.8 Å². The number of hydrogen-bond acceptors (Lipinski definition) is 11. The third-order valence-electron chi connectivity index (χ3n) is 15.7. The maximum atomic E-state index is 14.3. The zero-order valence-electron chi connectivity index (χ0n) is 55.9. The van der Waals surface area contributed by atoms with E-state index < -0.39 is 23.6 Å². The molecule has 3 aromatic heterocycles. The normalized spacial score (nSPS) is 11.7. The van der Waals surface area contributed by atoms with Crippen LogP contribution in [-0.2, 0) is 0 Å². The minimum Gasteiger partial charge on any atom is -0.493 e. The minimum absolute atomic E-state index is 0.0877. The number of rotatable bonds is 24. The molecule has 0 aliphatic carbocycles. The number of nitrogens with zero attached hydrogens (tertiary/aromatic N) is 2. The van der Waals surface area contributed by atoms with E-state index in [-0.39, 0.29) is 33.9 Å². The van der Waals surface area contributed by atoms with Crippen LogP contribution in [0, 0.1) is 71.0 Å². The molecule has 4 N–H and O–H groups in total. The van der Waals surface area contributed by atoms with Gasteiger partial charge < -0.3 is 40.2 Å². The van der Waals surface area contributed by atoms with Gasteiger partial charge in [-0.3, -0.25) is 19.2 Å². The summed E-state index contributed by atoms with van der Waals surface area (Å²) in [5.41, 5.74) is 4.33. The van der Waals surface area contributed by atoms with Crippen LogP contribution in [0.3, 0.4) is 0 Å². The number of anilines is 4. The highest BCUT2D eigenvalue weighted by Crippen LogP contribution is 2.29. The van der Waals surface area contributed by atoms with Crippen molar-refractivity contribution in [1.29, 1.82) is 0 Å². The molecule has 0 spiro atoms. The molecule has 97 heavy (non-hydrogen) atoms. The number of pyridine rings is 2. The Morgan fingerprint density at radius 2 is 0.588 bits per heavy atom. The van der Waals surface area contributed by atoms with Crippen LogP contribution in [0.15, 0.2) is 182 Å². The summed E-state index contributed by atoms with van der Waals surface area (Å²) in [7, 11) is 0. The van der Waals surface area contributed by atoms with Crippen LogP contribution < -0.4 is 40.2 Å². The van der Waals surface area contributed by atoms with Gasteiger partial charge in [-0.1, -0.05) is 153 Å². The van der Waals surface area contributed by atoms with Crippen LogP contribution in [0.1, 0.15) is 166 Å². The van der Waals surface area contributed by atoms with Gasteiger partial charge in [0.05, 0.1) is 47.3 Å². The Hall–Kier alpha value is -11.4. The largest absolute Gasteiger partial charge is 0.493 e.